The maximum atomic E-state index is 12.9. The Bertz CT molecular complexity index is 765. The van der Waals surface area contributed by atoms with Gasteiger partial charge in [-0.15, -0.1) is 11.8 Å². The molecule has 1 fully saturated rings. The van der Waals surface area contributed by atoms with Gasteiger partial charge in [0.2, 0.25) is 0 Å². The van der Waals surface area contributed by atoms with Crippen molar-refractivity contribution in [2.24, 2.45) is 0 Å². The Kier molecular flexibility index (Phi) is 4.78. The molecule has 24 heavy (non-hydrogen) atoms. The molecule has 1 heterocycles. The van der Waals surface area contributed by atoms with Crippen LogP contribution in [0.3, 0.4) is 0 Å². The van der Waals surface area contributed by atoms with Crippen molar-refractivity contribution in [2.45, 2.75) is 11.6 Å². The van der Waals surface area contributed by atoms with Crippen LogP contribution in [0.15, 0.2) is 48.5 Å². The summed E-state index contributed by atoms with van der Waals surface area (Å²) in [7, 11) is 0. The summed E-state index contributed by atoms with van der Waals surface area (Å²) in [6.07, 6.45) is -4.40. The molecule has 1 amide bonds. The van der Waals surface area contributed by atoms with Crippen LogP contribution < -0.4 is 0 Å². The number of rotatable bonds is 2. The van der Waals surface area contributed by atoms with Crippen LogP contribution in [0.2, 0.25) is 5.02 Å². The molecule has 1 aliphatic rings. The van der Waals surface area contributed by atoms with Crippen LogP contribution in [-0.4, -0.2) is 23.1 Å². The van der Waals surface area contributed by atoms with Crippen LogP contribution in [0.25, 0.3) is 0 Å². The first kappa shape index (κ1) is 17.2. The monoisotopic (exact) mass is 371 g/mol. The molecule has 126 valence electrons. The molecule has 0 N–H and O–H groups in total. The average Bonchev–Trinajstić information content (AvgIpc) is 3.03. The van der Waals surface area contributed by atoms with E-state index in [1.165, 1.54) is 17.8 Å². The highest BCUT2D eigenvalue weighted by atomic mass is 35.5. The summed E-state index contributed by atoms with van der Waals surface area (Å²) in [4.78, 5) is 14.3. The van der Waals surface area contributed by atoms with Crippen LogP contribution in [0, 0.1) is 0 Å². The van der Waals surface area contributed by atoms with Gasteiger partial charge < -0.3 is 4.90 Å². The molecule has 1 aliphatic heterocycles. The zero-order valence-corrected chi connectivity index (χ0v) is 14.0. The quantitative estimate of drug-likeness (QED) is 0.719. The number of hydrogen-bond acceptors (Lipinski definition) is 2. The SMILES string of the molecule is O=C(c1cccc(Cl)c1)N1CCS[C@@H]1c1cccc(C(F)(F)F)c1. The second kappa shape index (κ2) is 6.69. The van der Waals surface area contributed by atoms with E-state index >= 15 is 0 Å². The summed E-state index contributed by atoms with van der Waals surface area (Å²) in [6.45, 7) is 0.483. The number of halogens is 4. The summed E-state index contributed by atoms with van der Waals surface area (Å²) in [5.41, 5.74) is 0.201. The van der Waals surface area contributed by atoms with Gasteiger partial charge >= 0.3 is 6.18 Å². The Hall–Kier alpha value is -1.66. The van der Waals surface area contributed by atoms with Crippen molar-refractivity contribution in [2.75, 3.05) is 12.3 Å². The molecule has 3 rings (SSSR count). The third kappa shape index (κ3) is 3.54. The van der Waals surface area contributed by atoms with Gasteiger partial charge in [-0.2, -0.15) is 13.2 Å². The summed E-state index contributed by atoms with van der Waals surface area (Å²) in [5, 5.41) is 0.0158. The van der Waals surface area contributed by atoms with Crippen molar-refractivity contribution >= 4 is 29.3 Å². The van der Waals surface area contributed by atoms with E-state index in [-0.39, 0.29) is 5.91 Å². The molecular weight excluding hydrogens is 359 g/mol. The normalized spacial score (nSPS) is 18.0. The fourth-order valence-electron chi connectivity index (χ4n) is 2.61. The fourth-order valence-corrected chi connectivity index (χ4v) is 4.05. The second-order valence-electron chi connectivity index (χ2n) is 5.36. The Balaban J connectivity index is 1.90. The molecule has 2 nitrogen and oxygen atoms in total. The lowest BCUT2D eigenvalue weighted by molar-refractivity contribution is -0.137. The lowest BCUT2D eigenvalue weighted by Crippen LogP contribution is -2.30. The molecule has 0 saturated carbocycles. The number of thioether (sulfide) groups is 1. The maximum absolute atomic E-state index is 12.9. The molecule has 0 aliphatic carbocycles. The van der Waals surface area contributed by atoms with Crippen molar-refractivity contribution in [1.82, 2.24) is 4.90 Å². The van der Waals surface area contributed by atoms with E-state index in [0.29, 0.717) is 28.4 Å². The standard InChI is InChI=1S/C17H13ClF3NOS/c18-14-6-2-3-11(10-14)15(23)22-7-8-24-16(22)12-4-1-5-13(9-12)17(19,20)21/h1-6,9-10,16H,7-8H2/t16-/m1/s1. The average molecular weight is 372 g/mol. The third-order valence-corrected chi connectivity index (χ3v) is 5.22. The van der Waals surface area contributed by atoms with Gasteiger partial charge in [0.25, 0.3) is 5.91 Å². The molecule has 7 heteroatoms. The summed E-state index contributed by atoms with van der Waals surface area (Å²) >= 11 is 7.37. The van der Waals surface area contributed by atoms with Crippen LogP contribution >= 0.6 is 23.4 Å². The van der Waals surface area contributed by atoms with Crippen molar-refractivity contribution in [3.63, 3.8) is 0 Å². The molecule has 0 spiro atoms. The first-order valence-electron chi connectivity index (χ1n) is 7.21. The van der Waals surface area contributed by atoms with E-state index in [9.17, 15) is 18.0 Å². The van der Waals surface area contributed by atoms with Gasteiger partial charge in [0.1, 0.15) is 5.37 Å². The van der Waals surface area contributed by atoms with Gasteiger partial charge in [-0.05, 0) is 35.9 Å². The molecule has 2 aromatic carbocycles. The first-order valence-corrected chi connectivity index (χ1v) is 8.64. The summed E-state index contributed by atoms with van der Waals surface area (Å²) in [6, 6.07) is 11.7. The molecule has 0 bridgehead atoms. The van der Waals surface area contributed by atoms with E-state index in [1.807, 2.05) is 0 Å². The van der Waals surface area contributed by atoms with E-state index in [4.69, 9.17) is 11.6 Å². The Morgan fingerprint density at radius 3 is 2.62 bits per heavy atom. The molecular formula is C17H13ClF3NOS. The number of hydrogen-bond donors (Lipinski definition) is 0. The summed E-state index contributed by atoms with van der Waals surface area (Å²) in [5.74, 6) is 0.442. The molecule has 0 radical (unpaired) electrons. The number of nitrogens with zero attached hydrogens (tertiary/aromatic N) is 1. The largest absolute Gasteiger partial charge is 0.416 e. The highest BCUT2D eigenvalue weighted by Crippen LogP contribution is 2.40. The minimum absolute atomic E-state index is 0.232. The zero-order chi connectivity index (χ0) is 17.3. The fraction of sp³-hybridized carbons (Fsp3) is 0.235. The van der Waals surface area contributed by atoms with Crippen molar-refractivity contribution < 1.29 is 18.0 Å². The van der Waals surface area contributed by atoms with Gasteiger partial charge in [-0.3, -0.25) is 4.79 Å². The minimum atomic E-state index is -4.40. The molecule has 0 aromatic heterocycles. The van der Waals surface area contributed by atoms with Crippen molar-refractivity contribution in [1.29, 1.82) is 0 Å². The van der Waals surface area contributed by atoms with Crippen molar-refractivity contribution in [3.8, 4) is 0 Å². The topological polar surface area (TPSA) is 20.3 Å². The van der Waals surface area contributed by atoms with E-state index in [0.717, 1.165) is 12.1 Å². The lowest BCUT2D eigenvalue weighted by atomic mass is 10.1. The molecule has 2 aromatic rings. The first-order chi connectivity index (χ1) is 11.4. The molecule has 1 atom stereocenters. The highest BCUT2D eigenvalue weighted by Gasteiger charge is 2.34. The lowest BCUT2D eigenvalue weighted by Gasteiger charge is -2.25. The van der Waals surface area contributed by atoms with Gasteiger partial charge in [0.05, 0.1) is 5.56 Å². The summed E-state index contributed by atoms with van der Waals surface area (Å²) < 4.78 is 38.8. The smallest absolute Gasteiger partial charge is 0.322 e. The van der Waals surface area contributed by atoms with E-state index < -0.39 is 17.1 Å². The van der Waals surface area contributed by atoms with E-state index in [1.54, 1.807) is 35.2 Å². The second-order valence-corrected chi connectivity index (χ2v) is 6.98. The van der Waals surface area contributed by atoms with Crippen LogP contribution in [0.1, 0.15) is 26.9 Å². The van der Waals surface area contributed by atoms with Crippen LogP contribution in [0.5, 0.6) is 0 Å². The highest BCUT2D eigenvalue weighted by molar-refractivity contribution is 7.99. The Morgan fingerprint density at radius 2 is 1.92 bits per heavy atom. The number of carbonyl (C=O) groups excluding carboxylic acids is 1. The number of carbonyl (C=O) groups is 1. The Morgan fingerprint density at radius 1 is 1.17 bits per heavy atom. The van der Waals surface area contributed by atoms with E-state index in [2.05, 4.69) is 0 Å². The predicted molar refractivity (Wildman–Crippen MR) is 89.1 cm³/mol. The minimum Gasteiger partial charge on any atom is -0.322 e. The van der Waals surface area contributed by atoms with Gasteiger partial charge in [0.15, 0.2) is 0 Å². The molecule has 1 saturated heterocycles. The van der Waals surface area contributed by atoms with Gasteiger partial charge in [-0.1, -0.05) is 29.8 Å². The number of alkyl halides is 3. The Labute approximate surface area is 146 Å². The van der Waals surface area contributed by atoms with Crippen molar-refractivity contribution in [3.05, 3.63) is 70.2 Å². The number of benzene rings is 2. The van der Waals surface area contributed by atoms with Gasteiger partial charge in [-0.25, -0.2) is 0 Å². The third-order valence-electron chi connectivity index (χ3n) is 3.72. The number of amides is 1. The maximum Gasteiger partial charge on any atom is 0.416 e. The zero-order valence-electron chi connectivity index (χ0n) is 12.4. The predicted octanol–water partition coefficient (Wildman–Crippen LogP) is 5.25. The van der Waals surface area contributed by atoms with Crippen LogP contribution in [0.4, 0.5) is 13.2 Å². The van der Waals surface area contributed by atoms with Crippen LogP contribution in [-0.2, 0) is 6.18 Å². The van der Waals surface area contributed by atoms with Gasteiger partial charge in [0, 0.05) is 22.9 Å². The molecule has 0 unspecified atom stereocenters.